The molecule has 4 aromatic rings. The maximum absolute atomic E-state index is 9.91. The van der Waals surface area contributed by atoms with Crippen molar-refractivity contribution in [2.75, 3.05) is 0 Å². The molecular formula is C25H23F6S2Sb. The molecule has 4 aromatic carbocycles. The van der Waals surface area contributed by atoms with Crippen LogP contribution >= 0.6 is 11.8 Å². The van der Waals surface area contributed by atoms with Crippen molar-refractivity contribution in [3.63, 3.8) is 0 Å². The summed E-state index contributed by atoms with van der Waals surface area (Å²) in [7, 11) is -0.0786. The quantitative estimate of drug-likeness (QED) is 0.143. The van der Waals surface area contributed by atoms with Crippen molar-refractivity contribution in [1.82, 2.24) is 0 Å². The molecule has 0 radical (unpaired) electrons. The van der Waals surface area contributed by atoms with E-state index in [1.165, 1.54) is 24.5 Å². The molecule has 0 aliphatic rings. The van der Waals surface area contributed by atoms with Crippen LogP contribution in [0.1, 0.15) is 7.43 Å². The molecule has 0 saturated carbocycles. The number of rotatable bonds is 5. The van der Waals surface area contributed by atoms with Gasteiger partial charge in [0.25, 0.3) is 0 Å². The van der Waals surface area contributed by atoms with E-state index >= 15 is 0 Å². The molecule has 34 heavy (non-hydrogen) atoms. The predicted molar refractivity (Wildman–Crippen MR) is 130 cm³/mol. The van der Waals surface area contributed by atoms with E-state index < -0.39 is 20.3 Å². The summed E-state index contributed by atoms with van der Waals surface area (Å²) in [6.45, 7) is 0. The van der Waals surface area contributed by atoms with E-state index in [9.17, 15) is 14.1 Å². The molecule has 0 fully saturated rings. The van der Waals surface area contributed by atoms with Crippen LogP contribution in [0, 0.1) is 0 Å². The van der Waals surface area contributed by atoms with Crippen LogP contribution in [0.5, 0.6) is 0 Å². The molecular weight excluding hydrogens is 600 g/mol. The molecule has 182 valence electrons. The third-order valence-corrected chi connectivity index (χ3v) is 7.24. The van der Waals surface area contributed by atoms with Gasteiger partial charge in [0.1, 0.15) is 0 Å². The van der Waals surface area contributed by atoms with Gasteiger partial charge in [-0.3, -0.25) is 0 Å². The minimum Gasteiger partial charge on any atom is -0.0901 e. The number of hydrogen-bond donors (Lipinski definition) is 0. The van der Waals surface area contributed by atoms with Gasteiger partial charge in [0.15, 0.2) is 14.7 Å². The summed E-state index contributed by atoms with van der Waals surface area (Å²) in [4.78, 5) is 6.58. The third-order valence-electron chi connectivity index (χ3n) is 4.00. The molecule has 0 bridgehead atoms. The molecule has 0 unspecified atom stereocenters. The Hall–Kier alpha value is -2.02. The van der Waals surface area contributed by atoms with Crippen LogP contribution in [-0.4, -0.2) is 20.3 Å². The van der Waals surface area contributed by atoms with Crippen LogP contribution < -0.4 is 4.70 Å². The fourth-order valence-electron chi connectivity index (χ4n) is 2.79. The first-order chi connectivity index (χ1) is 15.1. The molecule has 0 N–H and O–H groups in total. The zero-order valence-corrected chi connectivity index (χ0v) is 21.2. The Labute approximate surface area is 208 Å². The van der Waals surface area contributed by atoms with Crippen molar-refractivity contribution in [2.45, 2.75) is 31.9 Å². The summed E-state index contributed by atoms with van der Waals surface area (Å²) < 4.78 is 49.6. The van der Waals surface area contributed by atoms with Gasteiger partial charge in [-0.25, -0.2) is 0 Å². The average Bonchev–Trinajstić information content (AvgIpc) is 2.76. The Morgan fingerprint density at radius 1 is 0.471 bits per heavy atom. The van der Waals surface area contributed by atoms with Gasteiger partial charge >= 0.3 is 34.4 Å². The first kappa shape index (κ1) is 30.0. The van der Waals surface area contributed by atoms with Gasteiger partial charge in [-0.15, -0.1) is 0 Å². The molecule has 0 saturated heterocycles. The van der Waals surface area contributed by atoms with Crippen molar-refractivity contribution < 1.29 is 18.8 Å². The fourth-order valence-corrected chi connectivity index (χ4v) is 5.71. The van der Waals surface area contributed by atoms with E-state index in [0.717, 1.165) is 0 Å². The second-order valence-electron chi connectivity index (χ2n) is 6.46. The summed E-state index contributed by atoms with van der Waals surface area (Å²) in [5.74, 6) is 0. The maximum atomic E-state index is 9.91. The molecule has 0 aromatic heterocycles. The van der Waals surface area contributed by atoms with Crippen LogP contribution in [0.2, 0.25) is 0 Å². The molecule has 4 rings (SSSR count). The molecule has 9 heteroatoms. The van der Waals surface area contributed by atoms with E-state index in [-0.39, 0.29) is 23.0 Å². The molecule has 0 aliphatic heterocycles. The minimum atomic E-state index is -9.19. The first-order valence-electron chi connectivity index (χ1n) is 9.42. The summed E-state index contributed by atoms with van der Waals surface area (Å²) in [5, 5.41) is 0. The number of hydrogen-bond acceptors (Lipinski definition) is 1. The van der Waals surface area contributed by atoms with Crippen LogP contribution in [0.4, 0.5) is 14.1 Å². The van der Waals surface area contributed by atoms with Gasteiger partial charge in [0, 0.05) is 9.79 Å². The van der Waals surface area contributed by atoms with Crippen LogP contribution in [0.25, 0.3) is 0 Å². The molecule has 0 nitrogen and oxygen atoms in total. The zero-order chi connectivity index (χ0) is 23.1. The Morgan fingerprint density at radius 2 is 0.765 bits per heavy atom. The average molecular weight is 623 g/mol. The maximum Gasteiger partial charge on any atom is 0.166 e. The normalized spacial score (nSPS) is 11.6. The molecule has 0 heterocycles. The van der Waals surface area contributed by atoms with Crippen molar-refractivity contribution in [3.05, 3.63) is 115 Å². The monoisotopic (exact) mass is 622 g/mol. The molecule has 0 spiro atoms. The van der Waals surface area contributed by atoms with E-state index in [1.807, 2.05) is 0 Å². The third kappa shape index (κ3) is 10.9. The Balaban J connectivity index is 0.000000647. The summed E-state index contributed by atoms with van der Waals surface area (Å²) in [6, 6.07) is 41.1. The van der Waals surface area contributed by atoms with E-state index in [0.29, 0.717) is 0 Å². The van der Waals surface area contributed by atoms with Gasteiger partial charge in [-0.2, -0.15) is 0 Å². The van der Waals surface area contributed by atoms with Gasteiger partial charge in [0.05, 0.1) is 10.9 Å². The van der Waals surface area contributed by atoms with Gasteiger partial charge in [-0.1, -0.05) is 73.8 Å². The van der Waals surface area contributed by atoms with Gasteiger partial charge < -0.3 is 4.70 Å². The second-order valence-corrected chi connectivity index (χ2v) is 13.3. The summed E-state index contributed by atoms with van der Waals surface area (Å²) in [5.41, 5.74) is 0. The Bertz CT molecular complexity index is 1050. The SMILES string of the molecule is C.[F-].[F][Sb]([F])([F])([F])[F].c1ccc(Sc2ccc([S+](c3ccccc3)c3ccccc3)cc2)cc1. The van der Waals surface area contributed by atoms with Crippen molar-refractivity contribution >= 4 is 43.0 Å². The topological polar surface area (TPSA) is 0 Å². The van der Waals surface area contributed by atoms with Crippen LogP contribution in [-0.2, 0) is 10.9 Å². The zero-order valence-electron chi connectivity index (χ0n) is 17.0. The largest absolute Gasteiger partial charge is 0.166 e. The smallest absolute Gasteiger partial charge is 0.0901 e. The van der Waals surface area contributed by atoms with E-state index in [2.05, 4.69) is 115 Å². The van der Waals surface area contributed by atoms with Crippen molar-refractivity contribution in [3.8, 4) is 0 Å². The van der Waals surface area contributed by atoms with Crippen molar-refractivity contribution in [2.24, 2.45) is 0 Å². The van der Waals surface area contributed by atoms with Gasteiger partial charge in [0.2, 0.25) is 0 Å². The van der Waals surface area contributed by atoms with Crippen LogP contribution in [0.15, 0.2) is 140 Å². The van der Waals surface area contributed by atoms with Crippen LogP contribution in [0.3, 0.4) is 0 Å². The fraction of sp³-hybridized carbons (Fsp3) is 0.0400. The van der Waals surface area contributed by atoms with Gasteiger partial charge in [-0.05, 0) is 60.7 Å². The Morgan fingerprint density at radius 3 is 1.15 bits per heavy atom. The second kappa shape index (κ2) is 13.2. The predicted octanol–water partition coefficient (Wildman–Crippen LogP) is 6.29. The molecule has 0 amide bonds. The van der Waals surface area contributed by atoms with Crippen molar-refractivity contribution in [1.29, 1.82) is 0 Å². The first-order valence-corrected chi connectivity index (χ1v) is 16.3. The van der Waals surface area contributed by atoms with E-state index in [1.54, 1.807) is 11.8 Å². The standard InChI is InChI=1S/C24H19S2.CH4.6FH.Sb/c1-4-10-20(11-5-1)25-21-16-18-24(19-17-21)26(22-12-6-2-7-13-22)23-14-8-3-9-15-23;;;;;;;;/h1-19H;1H4;6*1H;/q+1;;;;;;;;+5/p-6. The minimum absolute atomic E-state index is 0. The Kier molecular flexibility index (Phi) is 11.6. The molecule has 0 atom stereocenters. The number of benzene rings is 4. The molecule has 0 aliphatic carbocycles. The summed E-state index contributed by atoms with van der Waals surface area (Å²) >= 11 is -7.39. The van der Waals surface area contributed by atoms with E-state index in [4.69, 9.17) is 0 Å². The summed E-state index contributed by atoms with van der Waals surface area (Å²) in [6.07, 6.45) is 0. The number of halogens is 6.